The summed E-state index contributed by atoms with van der Waals surface area (Å²) in [4.78, 5) is 14.6. The normalized spacial score (nSPS) is 11.0. The average Bonchev–Trinajstić information content (AvgIpc) is 3.15. The standard InChI is InChI=1S/C43H29N3/c1-2-9-30(10-3-1)31-18-22-34(23-19-31)41-28-42(46-43(45-41)40-17-7-12-33-11-4-5-16-39(33)40)35-24-20-32(21-25-35)36-13-6-14-37(27-36)38-15-8-26-44-29-38/h1-29H. The van der Waals surface area contributed by atoms with Crippen LogP contribution in [0.4, 0.5) is 0 Å². The lowest BCUT2D eigenvalue weighted by Crippen LogP contribution is -1.96. The number of hydrogen-bond donors (Lipinski definition) is 0. The van der Waals surface area contributed by atoms with Crippen molar-refractivity contribution in [3.8, 4) is 67.3 Å². The molecular formula is C43H29N3. The highest BCUT2D eigenvalue weighted by Gasteiger charge is 2.13. The molecule has 0 aliphatic rings. The molecule has 0 bridgehead atoms. The minimum Gasteiger partial charge on any atom is -0.264 e. The van der Waals surface area contributed by atoms with Crippen LogP contribution >= 0.6 is 0 Å². The van der Waals surface area contributed by atoms with Crippen LogP contribution in [0.15, 0.2) is 176 Å². The van der Waals surface area contributed by atoms with Gasteiger partial charge in [0.15, 0.2) is 5.82 Å². The number of fused-ring (bicyclic) bond motifs is 1. The Hall–Kier alpha value is -6.19. The highest BCUT2D eigenvalue weighted by Crippen LogP contribution is 2.33. The second kappa shape index (κ2) is 12.1. The van der Waals surface area contributed by atoms with Crippen LogP contribution in [0.5, 0.6) is 0 Å². The predicted octanol–water partition coefficient (Wildman–Crippen LogP) is 11.0. The van der Waals surface area contributed by atoms with Gasteiger partial charge in [-0.05, 0) is 56.8 Å². The summed E-state index contributed by atoms with van der Waals surface area (Å²) in [6.45, 7) is 0. The van der Waals surface area contributed by atoms with Crippen LogP contribution < -0.4 is 0 Å². The first-order valence-corrected chi connectivity index (χ1v) is 15.4. The lowest BCUT2D eigenvalue weighted by atomic mass is 9.98. The summed E-state index contributed by atoms with van der Waals surface area (Å²) in [7, 11) is 0. The highest BCUT2D eigenvalue weighted by atomic mass is 14.9. The van der Waals surface area contributed by atoms with Crippen molar-refractivity contribution in [1.82, 2.24) is 15.0 Å². The lowest BCUT2D eigenvalue weighted by molar-refractivity contribution is 1.19. The monoisotopic (exact) mass is 587 g/mol. The molecule has 6 aromatic carbocycles. The van der Waals surface area contributed by atoms with E-state index in [9.17, 15) is 0 Å². The van der Waals surface area contributed by atoms with Gasteiger partial charge in [0.2, 0.25) is 0 Å². The summed E-state index contributed by atoms with van der Waals surface area (Å²) in [5.41, 5.74) is 11.8. The number of rotatable bonds is 6. The van der Waals surface area contributed by atoms with Gasteiger partial charge in [-0.1, -0.05) is 146 Å². The molecule has 0 unspecified atom stereocenters. The molecule has 0 saturated carbocycles. The van der Waals surface area contributed by atoms with E-state index in [1.54, 1.807) is 6.20 Å². The Labute approximate surface area is 268 Å². The van der Waals surface area contributed by atoms with Crippen molar-refractivity contribution >= 4 is 10.8 Å². The Balaban J connectivity index is 1.21. The molecule has 8 aromatic rings. The van der Waals surface area contributed by atoms with Crippen LogP contribution in [0.2, 0.25) is 0 Å². The first-order valence-electron chi connectivity index (χ1n) is 15.4. The molecule has 3 heteroatoms. The van der Waals surface area contributed by atoms with Gasteiger partial charge in [0.05, 0.1) is 11.4 Å². The Bertz CT molecular complexity index is 2270. The van der Waals surface area contributed by atoms with E-state index < -0.39 is 0 Å². The summed E-state index contributed by atoms with van der Waals surface area (Å²) in [5, 5.41) is 2.30. The molecule has 3 nitrogen and oxygen atoms in total. The topological polar surface area (TPSA) is 38.7 Å². The Morgan fingerprint density at radius 3 is 1.57 bits per heavy atom. The van der Waals surface area contributed by atoms with E-state index in [0.717, 1.165) is 55.7 Å². The molecule has 46 heavy (non-hydrogen) atoms. The van der Waals surface area contributed by atoms with Gasteiger partial charge in [0.1, 0.15) is 0 Å². The van der Waals surface area contributed by atoms with Crippen molar-refractivity contribution in [1.29, 1.82) is 0 Å². The maximum absolute atomic E-state index is 5.15. The number of nitrogens with zero attached hydrogens (tertiary/aromatic N) is 3. The second-order valence-corrected chi connectivity index (χ2v) is 11.3. The van der Waals surface area contributed by atoms with Crippen molar-refractivity contribution in [2.24, 2.45) is 0 Å². The minimum absolute atomic E-state index is 0.713. The number of benzene rings is 6. The van der Waals surface area contributed by atoms with Crippen LogP contribution in [0.25, 0.3) is 78.1 Å². The summed E-state index contributed by atoms with van der Waals surface area (Å²) in [5.74, 6) is 0.713. The molecule has 0 fully saturated rings. The van der Waals surface area contributed by atoms with Gasteiger partial charge in [-0.3, -0.25) is 4.98 Å². The molecule has 2 aromatic heterocycles. The zero-order valence-electron chi connectivity index (χ0n) is 25.1. The van der Waals surface area contributed by atoms with Gasteiger partial charge in [0, 0.05) is 34.6 Å². The fourth-order valence-corrected chi connectivity index (χ4v) is 5.99. The first kappa shape index (κ1) is 27.4. The largest absolute Gasteiger partial charge is 0.264 e. The van der Waals surface area contributed by atoms with Crippen LogP contribution in [-0.2, 0) is 0 Å². The van der Waals surface area contributed by atoms with E-state index in [1.165, 1.54) is 16.5 Å². The number of pyridine rings is 1. The smallest absolute Gasteiger partial charge is 0.161 e. The minimum atomic E-state index is 0.713. The van der Waals surface area contributed by atoms with Crippen molar-refractivity contribution in [2.75, 3.05) is 0 Å². The Morgan fingerprint density at radius 1 is 0.348 bits per heavy atom. The SMILES string of the molecule is c1ccc(-c2ccc(-c3cc(-c4ccc(-c5cccc(-c6cccnc6)c5)cc4)nc(-c4cccc5ccccc45)n3)cc2)cc1. The van der Waals surface area contributed by atoms with E-state index in [2.05, 4.69) is 157 Å². The van der Waals surface area contributed by atoms with Crippen LogP contribution in [-0.4, -0.2) is 15.0 Å². The zero-order chi connectivity index (χ0) is 30.7. The molecule has 8 rings (SSSR count). The van der Waals surface area contributed by atoms with E-state index in [-0.39, 0.29) is 0 Å². The molecule has 0 spiro atoms. The maximum Gasteiger partial charge on any atom is 0.161 e. The summed E-state index contributed by atoms with van der Waals surface area (Å²) in [6, 6.07) is 57.2. The molecule has 2 heterocycles. The molecule has 0 atom stereocenters. The fourth-order valence-electron chi connectivity index (χ4n) is 5.99. The highest BCUT2D eigenvalue weighted by molar-refractivity contribution is 5.95. The average molecular weight is 588 g/mol. The number of hydrogen-bond acceptors (Lipinski definition) is 3. The van der Waals surface area contributed by atoms with E-state index in [1.807, 2.05) is 18.3 Å². The predicted molar refractivity (Wildman–Crippen MR) is 190 cm³/mol. The maximum atomic E-state index is 5.15. The zero-order valence-corrected chi connectivity index (χ0v) is 25.1. The third kappa shape index (κ3) is 5.47. The van der Waals surface area contributed by atoms with Crippen molar-refractivity contribution < 1.29 is 0 Å². The van der Waals surface area contributed by atoms with Crippen LogP contribution in [0.1, 0.15) is 0 Å². The number of aromatic nitrogens is 3. The van der Waals surface area contributed by atoms with E-state index in [4.69, 9.17) is 9.97 Å². The van der Waals surface area contributed by atoms with Gasteiger partial charge in [-0.15, -0.1) is 0 Å². The van der Waals surface area contributed by atoms with E-state index in [0.29, 0.717) is 5.82 Å². The van der Waals surface area contributed by atoms with Gasteiger partial charge < -0.3 is 0 Å². The Morgan fingerprint density at radius 2 is 0.870 bits per heavy atom. The molecular weight excluding hydrogens is 558 g/mol. The first-order chi connectivity index (χ1) is 22.8. The third-order valence-electron chi connectivity index (χ3n) is 8.42. The molecule has 0 aliphatic heterocycles. The molecule has 0 N–H and O–H groups in total. The van der Waals surface area contributed by atoms with Gasteiger partial charge in [-0.25, -0.2) is 9.97 Å². The molecule has 216 valence electrons. The van der Waals surface area contributed by atoms with Crippen LogP contribution in [0, 0.1) is 0 Å². The van der Waals surface area contributed by atoms with Crippen LogP contribution in [0.3, 0.4) is 0 Å². The molecule has 0 amide bonds. The third-order valence-corrected chi connectivity index (χ3v) is 8.42. The van der Waals surface area contributed by atoms with E-state index >= 15 is 0 Å². The molecule has 0 radical (unpaired) electrons. The van der Waals surface area contributed by atoms with Crippen molar-refractivity contribution in [3.05, 3.63) is 176 Å². The van der Waals surface area contributed by atoms with Gasteiger partial charge >= 0.3 is 0 Å². The quantitative estimate of drug-likeness (QED) is 0.194. The fraction of sp³-hybridized carbons (Fsp3) is 0. The summed E-state index contributed by atoms with van der Waals surface area (Å²) >= 11 is 0. The molecule has 0 aliphatic carbocycles. The summed E-state index contributed by atoms with van der Waals surface area (Å²) in [6.07, 6.45) is 3.70. The lowest BCUT2D eigenvalue weighted by Gasteiger charge is -2.12. The summed E-state index contributed by atoms with van der Waals surface area (Å²) < 4.78 is 0. The van der Waals surface area contributed by atoms with Gasteiger partial charge in [-0.2, -0.15) is 0 Å². The van der Waals surface area contributed by atoms with Crippen molar-refractivity contribution in [3.63, 3.8) is 0 Å². The molecule has 0 saturated heterocycles. The van der Waals surface area contributed by atoms with Crippen molar-refractivity contribution in [2.45, 2.75) is 0 Å². The second-order valence-electron chi connectivity index (χ2n) is 11.3. The Kier molecular flexibility index (Phi) is 7.18. The van der Waals surface area contributed by atoms with Gasteiger partial charge in [0.25, 0.3) is 0 Å².